The number of amides is 4. The Kier molecular flexibility index (Phi) is 8.98. The third kappa shape index (κ3) is 7.40. The monoisotopic (exact) mass is 649 g/mol. The van der Waals surface area contributed by atoms with E-state index in [2.05, 4.69) is 15.4 Å². The fourth-order valence-corrected chi connectivity index (χ4v) is 6.37. The summed E-state index contributed by atoms with van der Waals surface area (Å²) in [6, 6.07) is -5.06. The van der Waals surface area contributed by atoms with Crippen LogP contribution in [0.15, 0.2) is 0 Å². The standard InChI is InChI=1S/C25H31F8N5O6/c1-22(2)12-6-38(20(42)14(36-21(43)24(28,29)30)7-37-9-23(26,27)10-37)17(16(12)22)19(41)35-13(5-11-3-4-34-18(11)40)15(39)8-44-25(31,32)33/h11-14,16-17H,3-10H2,1-2H3,(H,34,40)(H,35,41)(H,36,43)/t11-,12-,13?,14?,16-,17-/m0/s1. The molecular formula is C25H31F8N5O6. The van der Waals surface area contributed by atoms with Crippen molar-refractivity contribution < 1.29 is 63.8 Å². The van der Waals surface area contributed by atoms with Crippen LogP contribution >= 0.6 is 0 Å². The molecule has 0 aromatic heterocycles. The Morgan fingerprint density at radius 2 is 1.68 bits per heavy atom. The molecule has 3 aliphatic heterocycles. The van der Waals surface area contributed by atoms with E-state index in [-0.39, 0.29) is 31.8 Å². The molecule has 3 heterocycles. The second-order valence-electron chi connectivity index (χ2n) is 12.2. The number of carbonyl (C=O) groups is 5. The van der Waals surface area contributed by atoms with E-state index < -0.39 is 109 Å². The molecular weight excluding hydrogens is 618 g/mol. The van der Waals surface area contributed by atoms with Crippen LogP contribution in [0.5, 0.6) is 0 Å². The number of Topliss-reactive ketones (excluding diaryl/α,β-unsaturated/α-hetero) is 1. The molecule has 44 heavy (non-hydrogen) atoms. The van der Waals surface area contributed by atoms with Gasteiger partial charge in [0, 0.05) is 25.6 Å². The number of halogens is 8. The number of rotatable bonds is 11. The Labute approximate surface area is 245 Å². The molecule has 0 radical (unpaired) electrons. The molecule has 0 bridgehead atoms. The number of nitrogens with zero attached hydrogens (tertiary/aromatic N) is 2. The maximum Gasteiger partial charge on any atom is 0.522 e. The van der Waals surface area contributed by atoms with Gasteiger partial charge >= 0.3 is 18.4 Å². The first-order valence-corrected chi connectivity index (χ1v) is 13.7. The van der Waals surface area contributed by atoms with Crippen LogP contribution in [0.4, 0.5) is 35.1 Å². The van der Waals surface area contributed by atoms with Crippen molar-refractivity contribution in [2.75, 3.05) is 39.3 Å². The van der Waals surface area contributed by atoms with Crippen molar-refractivity contribution in [3.63, 3.8) is 0 Å². The zero-order valence-corrected chi connectivity index (χ0v) is 23.5. The van der Waals surface area contributed by atoms with Gasteiger partial charge in [-0.2, -0.15) is 13.2 Å². The van der Waals surface area contributed by atoms with Gasteiger partial charge in [0.15, 0.2) is 5.78 Å². The van der Waals surface area contributed by atoms with Gasteiger partial charge in [-0.25, -0.2) is 8.78 Å². The topological polar surface area (TPSA) is 137 Å². The van der Waals surface area contributed by atoms with E-state index >= 15 is 0 Å². The van der Waals surface area contributed by atoms with E-state index in [9.17, 15) is 59.1 Å². The number of piperidine rings is 1. The van der Waals surface area contributed by atoms with E-state index in [4.69, 9.17) is 0 Å². The first-order valence-electron chi connectivity index (χ1n) is 13.7. The number of hydrogen-bond donors (Lipinski definition) is 3. The maximum absolute atomic E-state index is 13.6. The van der Waals surface area contributed by atoms with Crippen LogP contribution < -0.4 is 16.0 Å². The summed E-state index contributed by atoms with van der Waals surface area (Å²) in [4.78, 5) is 65.6. The molecule has 19 heteroatoms. The highest BCUT2D eigenvalue weighted by Gasteiger charge is 2.70. The minimum absolute atomic E-state index is 0.163. The van der Waals surface area contributed by atoms with Crippen LogP contribution in [0, 0.1) is 23.2 Å². The minimum Gasteiger partial charge on any atom is -0.356 e. The van der Waals surface area contributed by atoms with Crippen LogP contribution in [0.3, 0.4) is 0 Å². The van der Waals surface area contributed by atoms with Crippen molar-refractivity contribution in [1.29, 1.82) is 0 Å². The van der Waals surface area contributed by atoms with Crippen molar-refractivity contribution >= 4 is 29.4 Å². The molecule has 0 aromatic rings. The van der Waals surface area contributed by atoms with E-state index in [0.29, 0.717) is 0 Å². The summed E-state index contributed by atoms with van der Waals surface area (Å²) >= 11 is 0. The van der Waals surface area contributed by atoms with Gasteiger partial charge in [-0.1, -0.05) is 13.8 Å². The van der Waals surface area contributed by atoms with Gasteiger partial charge in [0.1, 0.15) is 18.7 Å². The number of alkyl halides is 8. The van der Waals surface area contributed by atoms with E-state index in [1.54, 1.807) is 13.8 Å². The molecule has 0 spiro atoms. The summed E-state index contributed by atoms with van der Waals surface area (Å²) in [5, 5.41) is 6.33. The Bertz CT molecular complexity index is 1190. The fourth-order valence-electron chi connectivity index (χ4n) is 6.37. The quantitative estimate of drug-likeness (QED) is 0.279. The molecule has 6 atom stereocenters. The normalized spacial score (nSPS) is 28.8. The second-order valence-corrected chi connectivity index (χ2v) is 12.2. The van der Waals surface area contributed by atoms with Crippen LogP contribution in [-0.4, -0.2) is 115 Å². The van der Waals surface area contributed by atoms with Gasteiger partial charge in [-0.05, 0) is 30.1 Å². The van der Waals surface area contributed by atoms with Gasteiger partial charge in [0.2, 0.25) is 17.7 Å². The number of ketones is 1. The molecule has 1 aliphatic carbocycles. The molecule has 2 unspecified atom stereocenters. The van der Waals surface area contributed by atoms with Gasteiger partial charge in [0.25, 0.3) is 5.92 Å². The smallest absolute Gasteiger partial charge is 0.356 e. The summed E-state index contributed by atoms with van der Waals surface area (Å²) in [5.74, 6) is -11.3. The molecule has 0 aromatic carbocycles. The van der Waals surface area contributed by atoms with Crippen molar-refractivity contribution in [3.05, 3.63) is 0 Å². The first kappa shape index (κ1) is 33.8. The van der Waals surface area contributed by atoms with E-state index in [1.165, 1.54) is 5.32 Å². The highest BCUT2D eigenvalue weighted by atomic mass is 19.4. The van der Waals surface area contributed by atoms with Crippen LogP contribution in [0.1, 0.15) is 26.7 Å². The number of fused-ring (bicyclic) bond motifs is 1. The Hall–Kier alpha value is -3.09. The molecule has 4 rings (SSSR count). The molecule has 4 amide bonds. The van der Waals surface area contributed by atoms with Gasteiger partial charge < -0.3 is 20.9 Å². The predicted molar refractivity (Wildman–Crippen MR) is 130 cm³/mol. The van der Waals surface area contributed by atoms with Gasteiger partial charge in [-0.3, -0.25) is 33.6 Å². The number of hydrogen-bond acceptors (Lipinski definition) is 7. The maximum atomic E-state index is 13.6. The highest BCUT2D eigenvalue weighted by Crippen LogP contribution is 2.65. The second kappa shape index (κ2) is 11.7. The van der Waals surface area contributed by atoms with Crippen molar-refractivity contribution in [1.82, 2.24) is 25.8 Å². The Morgan fingerprint density at radius 1 is 1.05 bits per heavy atom. The summed E-state index contributed by atoms with van der Waals surface area (Å²) in [7, 11) is 0. The number of nitrogens with one attached hydrogen (secondary N) is 3. The lowest BCUT2D eigenvalue weighted by Gasteiger charge is -2.41. The molecule has 248 valence electrons. The molecule has 3 N–H and O–H groups in total. The third-order valence-corrected chi connectivity index (χ3v) is 8.74. The van der Waals surface area contributed by atoms with Crippen LogP contribution in [0.25, 0.3) is 0 Å². The van der Waals surface area contributed by atoms with Crippen LogP contribution in [0.2, 0.25) is 0 Å². The molecule has 1 saturated carbocycles. The molecule has 3 saturated heterocycles. The third-order valence-electron chi connectivity index (χ3n) is 8.74. The number of likely N-dealkylation sites (tertiary alicyclic amines) is 2. The molecule has 4 fully saturated rings. The summed E-state index contributed by atoms with van der Waals surface area (Å²) in [6.45, 7) is -0.389. The fraction of sp³-hybridized carbons (Fsp3) is 0.800. The zero-order valence-electron chi connectivity index (χ0n) is 23.5. The zero-order chi connectivity index (χ0) is 33.0. The van der Waals surface area contributed by atoms with Crippen molar-refractivity contribution in [2.45, 2.75) is 63.3 Å². The molecule has 11 nitrogen and oxygen atoms in total. The predicted octanol–water partition coefficient (Wildman–Crippen LogP) is 0.584. The first-order chi connectivity index (χ1) is 20.1. The SMILES string of the molecule is CC1(C)[C@@H]2[C@@H](C(=O)NC(C[C@@H]3CCNC3=O)C(=O)COC(F)(F)F)N(C(=O)C(CN3CC(F)(F)C3)NC(=O)C(F)(F)F)C[C@@H]21. The Balaban J connectivity index is 1.55. The van der Waals surface area contributed by atoms with E-state index in [1.807, 2.05) is 0 Å². The minimum atomic E-state index is -5.41. The summed E-state index contributed by atoms with van der Waals surface area (Å²) < 4.78 is 107. The molecule has 4 aliphatic rings. The van der Waals surface area contributed by atoms with E-state index in [0.717, 1.165) is 9.80 Å². The van der Waals surface area contributed by atoms with Crippen LogP contribution in [-0.2, 0) is 28.7 Å². The summed E-state index contributed by atoms with van der Waals surface area (Å²) in [5.41, 5.74) is -0.562. The largest absolute Gasteiger partial charge is 0.522 e. The lowest BCUT2D eigenvalue weighted by molar-refractivity contribution is -0.321. The lowest BCUT2D eigenvalue weighted by Crippen LogP contribution is -2.64. The van der Waals surface area contributed by atoms with Gasteiger partial charge in [-0.15, -0.1) is 13.2 Å². The van der Waals surface area contributed by atoms with Crippen molar-refractivity contribution in [3.8, 4) is 0 Å². The number of ether oxygens (including phenoxy) is 1. The van der Waals surface area contributed by atoms with Crippen molar-refractivity contribution in [2.24, 2.45) is 23.2 Å². The number of carbonyl (C=O) groups excluding carboxylic acids is 5. The summed E-state index contributed by atoms with van der Waals surface area (Å²) in [6.07, 6.45) is -10.8. The lowest BCUT2D eigenvalue weighted by atomic mass is 9.94. The average molecular weight is 650 g/mol. The highest BCUT2D eigenvalue weighted by molar-refractivity contribution is 5.97. The average Bonchev–Trinajstić information content (AvgIpc) is 3.22. The Morgan fingerprint density at radius 3 is 2.20 bits per heavy atom. The van der Waals surface area contributed by atoms with Gasteiger partial charge in [0.05, 0.1) is 19.1 Å².